The van der Waals surface area contributed by atoms with Crippen molar-refractivity contribution in [2.75, 3.05) is 13.1 Å². The van der Waals surface area contributed by atoms with Crippen LogP contribution in [-0.4, -0.2) is 34.4 Å². The first-order valence-corrected chi connectivity index (χ1v) is 9.01. The van der Waals surface area contributed by atoms with Crippen LogP contribution in [0.15, 0.2) is 54.6 Å². The first-order chi connectivity index (χ1) is 12.0. The summed E-state index contributed by atoms with van der Waals surface area (Å²) in [6.07, 6.45) is 1.63. The first-order valence-electron chi connectivity index (χ1n) is 9.01. The van der Waals surface area contributed by atoms with Gasteiger partial charge in [-0.05, 0) is 61.4 Å². The molecule has 0 amide bonds. The van der Waals surface area contributed by atoms with Gasteiger partial charge in [-0.2, -0.15) is 0 Å². The third-order valence-electron chi connectivity index (χ3n) is 5.77. The van der Waals surface area contributed by atoms with Gasteiger partial charge in [0.15, 0.2) is 0 Å². The molecule has 2 aromatic carbocycles. The van der Waals surface area contributed by atoms with E-state index in [9.17, 15) is 10.2 Å². The summed E-state index contributed by atoms with van der Waals surface area (Å²) in [6.45, 7) is 3.98. The highest BCUT2D eigenvalue weighted by atomic mass is 16.5. The molecule has 1 aliphatic heterocycles. The van der Waals surface area contributed by atoms with Crippen LogP contribution in [0.3, 0.4) is 0 Å². The van der Waals surface area contributed by atoms with E-state index in [-0.39, 0.29) is 12.0 Å². The number of hydrogen-bond acceptors (Lipinski definition) is 4. The van der Waals surface area contributed by atoms with Gasteiger partial charge in [0.2, 0.25) is 0 Å². The second-order valence-electron chi connectivity index (χ2n) is 7.49. The Labute approximate surface area is 148 Å². The molecule has 2 aliphatic rings. The van der Waals surface area contributed by atoms with E-state index in [1.807, 2.05) is 30.3 Å². The highest BCUT2D eigenvalue weighted by molar-refractivity contribution is 5.30. The van der Waals surface area contributed by atoms with Crippen molar-refractivity contribution in [1.29, 1.82) is 0 Å². The minimum atomic E-state index is -0.677. The molecule has 4 heteroatoms. The molecule has 4 nitrogen and oxygen atoms in total. The van der Waals surface area contributed by atoms with Crippen molar-refractivity contribution >= 4 is 0 Å². The molecule has 2 N–H and O–H groups in total. The van der Waals surface area contributed by atoms with Crippen molar-refractivity contribution in [3.63, 3.8) is 0 Å². The summed E-state index contributed by atoms with van der Waals surface area (Å²) in [6, 6.07) is 16.9. The fourth-order valence-corrected chi connectivity index (χ4v) is 4.47. The van der Waals surface area contributed by atoms with Crippen molar-refractivity contribution in [1.82, 2.24) is 4.90 Å². The van der Waals surface area contributed by atoms with Crippen LogP contribution in [0.1, 0.15) is 25.3 Å². The van der Waals surface area contributed by atoms with Gasteiger partial charge in [0, 0.05) is 13.1 Å². The zero-order valence-electron chi connectivity index (χ0n) is 14.5. The molecule has 0 aromatic heterocycles. The van der Waals surface area contributed by atoms with Crippen LogP contribution in [0.4, 0.5) is 0 Å². The Bertz CT molecular complexity index is 702. The number of ether oxygens (including phenoxy) is 1. The summed E-state index contributed by atoms with van der Waals surface area (Å²) in [5.41, 5.74) is 0.369. The number of phenols is 1. The number of aromatic hydroxyl groups is 1. The number of hydrogen-bond donors (Lipinski definition) is 2. The van der Waals surface area contributed by atoms with Gasteiger partial charge < -0.3 is 14.9 Å². The first kappa shape index (κ1) is 16.4. The van der Waals surface area contributed by atoms with Crippen LogP contribution in [0.2, 0.25) is 0 Å². The fourth-order valence-electron chi connectivity index (χ4n) is 4.47. The summed E-state index contributed by atoms with van der Waals surface area (Å²) in [5, 5.41) is 20.4. The maximum absolute atomic E-state index is 11.1. The number of fused-ring (bicyclic) bond motifs is 1. The number of rotatable bonds is 4. The van der Waals surface area contributed by atoms with E-state index in [1.165, 1.54) is 0 Å². The van der Waals surface area contributed by atoms with Gasteiger partial charge in [0.05, 0.1) is 5.60 Å². The molecular weight excluding hydrogens is 314 g/mol. The van der Waals surface area contributed by atoms with Gasteiger partial charge in [-0.3, -0.25) is 4.90 Å². The van der Waals surface area contributed by atoms with Gasteiger partial charge in [-0.25, -0.2) is 0 Å². The lowest BCUT2D eigenvalue weighted by molar-refractivity contribution is 0.0129. The van der Waals surface area contributed by atoms with E-state index in [4.69, 9.17) is 4.74 Å². The molecule has 4 atom stereocenters. The molecule has 2 aromatic rings. The Kier molecular flexibility index (Phi) is 4.18. The summed E-state index contributed by atoms with van der Waals surface area (Å²) in [5.74, 6) is 2.03. The second-order valence-corrected chi connectivity index (χ2v) is 7.49. The Hall–Kier alpha value is -2.04. The van der Waals surface area contributed by atoms with Crippen LogP contribution in [-0.2, 0) is 5.60 Å². The minimum absolute atomic E-state index is 0.0139. The second kappa shape index (κ2) is 6.36. The summed E-state index contributed by atoms with van der Waals surface area (Å²) in [4.78, 5) is 2.35. The largest absolute Gasteiger partial charge is 0.508 e. The molecule has 132 valence electrons. The predicted octanol–water partition coefficient (Wildman–Crippen LogP) is 3.35. The molecule has 1 heterocycles. The lowest BCUT2D eigenvalue weighted by Crippen LogP contribution is -2.37. The lowest BCUT2D eigenvalue weighted by atomic mass is 9.90. The fraction of sp³-hybridized carbons (Fsp3) is 0.429. The molecule has 0 bridgehead atoms. The quantitative estimate of drug-likeness (QED) is 0.897. The average Bonchev–Trinajstić information content (AvgIpc) is 3.14. The molecule has 25 heavy (non-hydrogen) atoms. The minimum Gasteiger partial charge on any atom is -0.508 e. The number of likely N-dealkylation sites (tertiary alicyclic amines) is 1. The van der Waals surface area contributed by atoms with Crippen molar-refractivity contribution in [2.45, 2.75) is 31.6 Å². The highest BCUT2D eigenvalue weighted by Gasteiger charge is 2.49. The van der Waals surface area contributed by atoms with Gasteiger partial charge in [0.25, 0.3) is 0 Å². The van der Waals surface area contributed by atoms with E-state index < -0.39 is 5.60 Å². The Morgan fingerprint density at radius 1 is 1.00 bits per heavy atom. The maximum Gasteiger partial charge on any atom is 0.149 e. The van der Waals surface area contributed by atoms with Gasteiger partial charge in [-0.15, -0.1) is 0 Å². The zero-order chi connectivity index (χ0) is 17.4. The molecular formula is C21H25NO3. The molecule has 4 rings (SSSR count). The summed E-state index contributed by atoms with van der Waals surface area (Å²) in [7, 11) is 0. The topological polar surface area (TPSA) is 52.9 Å². The monoisotopic (exact) mass is 339 g/mol. The zero-order valence-corrected chi connectivity index (χ0v) is 14.5. The molecule has 0 spiro atoms. The predicted molar refractivity (Wildman–Crippen MR) is 96.3 cm³/mol. The van der Waals surface area contributed by atoms with Gasteiger partial charge >= 0.3 is 0 Å². The maximum atomic E-state index is 11.1. The van der Waals surface area contributed by atoms with Crippen molar-refractivity contribution < 1.29 is 14.9 Å². The Morgan fingerprint density at radius 3 is 2.20 bits per heavy atom. The van der Waals surface area contributed by atoms with Crippen LogP contribution in [0.25, 0.3) is 0 Å². The van der Waals surface area contributed by atoms with E-state index in [0.29, 0.717) is 11.8 Å². The van der Waals surface area contributed by atoms with E-state index >= 15 is 0 Å². The molecule has 2 unspecified atom stereocenters. The third-order valence-corrected chi connectivity index (χ3v) is 5.77. The van der Waals surface area contributed by atoms with Crippen LogP contribution >= 0.6 is 0 Å². The SMILES string of the molecule is CC(Oc1ccc(O)cc1)N1C[C@@H]2CC(O)(c3ccccc3)C[C@@H]2C1. The normalized spacial score (nSPS) is 30.2. The summed E-state index contributed by atoms with van der Waals surface area (Å²) < 4.78 is 6.01. The van der Waals surface area contributed by atoms with E-state index in [0.717, 1.165) is 37.2 Å². The third kappa shape index (κ3) is 3.24. The van der Waals surface area contributed by atoms with Crippen molar-refractivity contribution in [3.8, 4) is 11.5 Å². The number of benzene rings is 2. The number of phenolic OH excluding ortho intramolecular Hbond substituents is 1. The smallest absolute Gasteiger partial charge is 0.149 e. The van der Waals surface area contributed by atoms with Gasteiger partial charge in [0.1, 0.15) is 17.7 Å². The van der Waals surface area contributed by atoms with Crippen LogP contribution in [0, 0.1) is 11.8 Å². The Morgan fingerprint density at radius 2 is 1.60 bits per heavy atom. The van der Waals surface area contributed by atoms with E-state index in [2.05, 4.69) is 11.8 Å². The summed E-state index contributed by atoms with van der Waals surface area (Å²) >= 11 is 0. The van der Waals surface area contributed by atoms with Crippen molar-refractivity contribution in [2.24, 2.45) is 11.8 Å². The molecule has 1 saturated heterocycles. The standard InChI is InChI=1S/C21H25NO3/c1-15(25-20-9-7-19(23)8-10-20)22-13-16-11-21(24,12-17(16)14-22)18-5-3-2-4-6-18/h2-10,15-17,23-24H,11-14H2,1H3/t15?,16-,17+,21?. The molecule has 1 aliphatic carbocycles. The number of aliphatic hydroxyl groups is 1. The van der Waals surface area contributed by atoms with Crippen LogP contribution < -0.4 is 4.74 Å². The van der Waals surface area contributed by atoms with Crippen molar-refractivity contribution in [3.05, 3.63) is 60.2 Å². The van der Waals surface area contributed by atoms with Gasteiger partial charge in [-0.1, -0.05) is 30.3 Å². The Balaban J connectivity index is 1.38. The molecule has 1 saturated carbocycles. The molecule has 0 radical (unpaired) electrons. The van der Waals surface area contributed by atoms with E-state index in [1.54, 1.807) is 24.3 Å². The number of nitrogens with zero attached hydrogens (tertiary/aromatic N) is 1. The highest BCUT2D eigenvalue weighted by Crippen LogP contribution is 2.49. The lowest BCUT2D eigenvalue weighted by Gasteiger charge is -2.29. The average molecular weight is 339 g/mol. The molecule has 2 fully saturated rings. The van der Waals surface area contributed by atoms with Crippen LogP contribution in [0.5, 0.6) is 11.5 Å².